The predicted octanol–water partition coefficient (Wildman–Crippen LogP) is 1.12. The number of carbonyl (C=O) groups is 1. The maximum atomic E-state index is 11.5. The summed E-state index contributed by atoms with van der Waals surface area (Å²) in [5.41, 5.74) is 0. The van der Waals surface area contributed by atoms with Crippen LogP contribution in [-0.4, -0.2) is 27.6 Å². The Morgan fingerprint density at radius 3 is 2.53 bits per heavy atom. The third kappa shape index (κ3) is 1.35. The Bertz CT molecular complexity index is 382. The number of rotatable bonds is 1. The van der Waals surface area contributed by atoms with Crippen molar-refractivity contribution in [2.24, 2.45) is 7.05 Å². The highest BCUT2D eigenvalue weighted by atomic mass is 16.1. The molecule has 2 saturated heterocycles. The Morgan fingerprint density at radius 2 is 2.00 bits per heavy atom. The van der Waals surface area contributed by atoms with Crippen molar-refractivity contribution in [3.05, 3.63) is 12.3 Å². The molecule has 0 radical (unpaired) electrons. The first-order chi connectivity index (χ1) is 7.24. The first kappa shape index (κ1) is 8.95. The van der Waals surface area contributed by atoms with Crippen LogP contribution in [0.2, 0.25) is 0 Å². The van der Waals surface area contributed by atoms with Crippen LogP contribution >= 0.6 is 0 Å². The summed E-state index contributed by atoms with van der Waals surface area (Å²) in [7, 11) is 1.93. The minimum absolute atomic E-state index is 0.408. The molecule has 2 atom stereocenters. The Hall–Kier alpha value is -1.32. The molecule has 0 spiro atoms. The summed E-state index contributed by atoms with van der Waals surface area (Å²) in [6, 6.07) is 2.86. The second-order valence-electron chi connectivity index (χ2n) is 4.59. The van der Waals surface area contributed by atoms with Gasteiger partial charge in [0.25, 0.3) is 0 Å². The van der Waals surface area contributed by atoms with Crippen LogP contribution in [0.3, 0.4) is 0 Å². The van der Waals surface area contributed by atoms with Gasteiger partial charge in [-0.1, -0.05) is 0 Å². The standard InChI is InChI=1S/C11H15N3O/c1-13-5-4-11(12-13)14-8-2-3-9(14)7-10(15)6-8/h4-5,8-9H,2-3,6-7H2,1H3. The predicted molar refractivity (Wildman–Crippen MR) is 56.7 cm³/mol. The highest BCUT2D eigenvalue weighted by Crippen LogP contribution is 2.36. The van der Waals surface area contributed by atoms with Gasteiger partial charge < -0.3 is 4.90 Å². The summed E-state index contributed by atoms with van der Waals surface area (Å²) in [6.07, 6.45) is 5.69. The van der Waals surface area contributed by atoms with Gasteiger partial charge in [0.05, 0.1) is 0 Å². The van der Waals surface area contributed by atoms with E-state index >= 15 is 0 Å². The SMILES string of the molecule is Cn1ccc(N2C3CCC2CC(=O)C3)n1. The molecule has 4 nitrogen and oxygen atoms in total. The van der Waals surface area contributed by atoms with E-state index in [1.807, 2.05) is 24.0 Å². The normalized spacial score (nSPS) is 29.9. The van der Waals surface area contributed by atoms with Crippen molar-refractivity contribution >= 4 is 11.6 Å². The molecule has 3 heterocycles. The Balaban J connectivity index is 1.91. The van der Waals surface area contributed by atoms with Crippen molar-refractivity contribution in [3.8, 4) is 0 Å². The van der Waals surface area contributed by atoms with Gasteiger partial charge in [0.1, 0.15) is 5.78 Å². The van der Waals surface area contributed by atoms with E-state index in [2.05, 4.69) is 10.00 Å². The number of piperidine rings is 1. The van der Waals surface area contributed by atoms with Gasteiger partial charge in [-0.2, -0.15) is 5.10 Å². The molecule has 1 aromatic heterocycles. The van der Waals surface area contributed by atoms with Crippen molar-refractivity contribution in [1.82, 2.24) is 9.78 Å². The van der Waals surface area contributed by atoms with Crippen LogP contribution in [0.25, 0.3) is 0 Å². The molecule has 80 valence electrons. The molecule has 0 aromatic carbocycles. The monoisotopic (exact) mass is 205 g/mol. The average molecular weight is 205 g/mol. The van der Waals surface area contributed by atoms with E-state index in [4.69, 9.17) is 0 Å². The highest BCUT2D eigenvalue weighted by molar-refractivity contribution is 5.82. The summed E-state index contributed by atoms with van der Waals surface area (Å²) in [5, 5.41) is 4.43. The fourth-order valence-corrected chi connectivity index (χ4v) is 2.89. The Labute approximate surface area is 88.9 Å². The molecular weight excluding hydrogens is 190 g/mol. The zero-order valence-corrected chi connectivity index (χ0v) is 8.89. The zero-order chi connectivity index (χ0) is 10.4. The number of nitrogens with zero attached hydrogens (tertiary/aromatic N) is 3. The summed E-state index contributed by atoms with van der Waals surface area (Å²) in [4.78, 5) is 13.8. The summed E-state index contributed by atoms with van der Waals surface area (Å²) in [5.74, 6) is 1.46. The Kier molecular flexibility index (Phi) is 1.84. The van der Waals surface area contributed by atoms with Gasteiger partial charge in [0, 0.05) is 44.2 Å². The van der Waals surface area contributed by atoms with Gasteiger partial charge in [0.15, 0.2) is 5.82 Å². The zero-order valence-electron chi connectivity index (χ0n) is 8.89. The largest absolute Gasteiger partial charge is 0.348 e. The molecule has 0 amide bonds. The fraction of sp³-hybridized carbons (Fsp3) is 0.636. The molecule has 1 aromatic rings. The van der Waals surface area contributed by atoms with Crippen LogP contribution in [0.1, 0.15) is 25.7 Å². The van der Waals surface area contributed by atoms with Crippen LogP contribution in [0.15, 0.2) is 12.3 Å². The van der Waals surface area contributed by atoms with Crippen molar-refractivity contribution in [2.45, 2.75) is 37.8 Å². The van der Waals surface area contributed by atoms with Gasteiger partial charge in [-0.3, -0.25) is 9.48 Å². The lowest BCUT2D eigenvalue weighted by molar-refractivity contribution is -0.120. The number of Topliss-reactive ketones (excluding diaryl/α,β-unsaturated/α-hetero) is 1. The van der Waals surface area contributed by atoms with Gasteiger partial charge in [0.2, 0.25) is 0 Å². The third-order valence-electron chi connectivity index (χ3n) is 3.51. The maximum Gasteiger partial charge on any atom is 0.151 e. The molecular formula is C11H15N3O. The van der Waals surface area contributed by atoms with E-state index in [1.54, 1.807) is 0 Å². The van der Waals surface area contributed by atoms with Crippen molar-refractivity contribution in [1.29, 1.82) is 0 Å². The molecule has 15 heavy (non-hydrogen) atoms. The molecule has 0 N–H and O–H groups in total. The third-order valence-corrected chi connectivity index (χ3v) is 3.51. The molecule has 2 bridgehead atoms. The lowest BCUT2D eigenvalue weighted by atomic mass is 10.0. The number of anilines is 1. The molecule has 2 unspecified atom stereocenters. The van der Waals surface area contributed by atoms with E-state index in [-0.39, 0.29) is 0 Å². The quantitative estimate of drug-likeness (QED) is 0.689. The smallest absolute Gasteiger partial charge is 0.151 e. The van der Waals surface area contributed by atoms with Crippen LogP contribution in [0.4, 0.5) is 5.82 Å². The first-order valence-electron chi connectivity index (χ1n) is 5.54. The minimum Gasteiger partial charge on any atom is -0.348 e. The van der Waals surface area contributed by atoms with Crippen molar-refractivity contribution in [3.63, 3.8) is 0 Å². The molecule has 3 rings (SSSR count). The number of aryl methyl sites for hydroxylation is 1. The van der Waals surface area contributed by atoms with E-state index < -0.39 is 0 Å². The summed E-state index contributed by atoms with van der Waals surface area (Å²) >= 11 is 0. The first-order valence-corrected chi connectivity index (χ1v) is 5.54. The number of aromatic nitrogens is 2. The molecule has 0 aliphatic carbocycles. The molecule has 2 aliphatic rings. The van der Waals surface area contributed by atoms with Crippen LogP contribution < -0.4 is 4.90 Å². The van der Waals surface area contributed by atoms with Crippen LogP contribution in [-0.2, 0) is 11.8 Å². The second-order valence-corrected chi connectivity index (χ2v) is 4.59. The highest BCUT2D eigenvalue weighted by Gasteiger charge is 2.40. The number of hydrogen-bond donors (Lipinski definition) is 0. The van der Waals surface area contributed by atoms with E-state index in [9.17, 15) is 4.79 Å². The average Bonchev–Trinajstić information content (AvgIpc) is 2.69. The summed E-state index contributed by atoms with van der Waals surface area (Å²) in [6.45, 7) is 0. The second kappa shape index (κ2) is 3.08. The molecule has 0 saturated carbocycles. The minimum atomic E-state index is 0.408. The lowest BCUT2D eigenvalue weighted by Gasteiger charge is -2.34. The van der Waals surface area contributed by atoms with E-state index in [0.29, 0.717) is 30.7 Å². The number of carbonyl (C=O) groups excluding carboxylic acids is 1. The molecule has 4 heteroatoms. The maximum absolute atomic E-state index is 11.5. The topological polar surface area (TPSA) is 38.1 Å². The molecule has 2 aliphatic heterocycles. The van der Waals surface area contributed by atoms with Gasteiger partial charge in [-0.25, -0.2) is 0 Å². The van der Waals surface area contributed by atoms with Gasteiger partial charge in [-0.15, -0.1) is 0 Å². The van der Waals surface area contributed by atoms with E-state index in [0.717, 1.165) is 18.7 Å². The van der Waals surface area contributed by atoms with Gasteiger partial charge in [-0.05, 0) is 12.8 Å². The number of hydrogen-bond acceptors (Lipinski definition) is 3. The Morgan fingerprint density at radius 1 is 1.33 bits per heavy atom. The lowest BCUT2D eigenvalue weighted by Crippen LogP contribution is -2.43. The van der Waals surface area contributed by atoms with Crippen LogP contribution in [0, 0.1) is 0 Å². The fourth-order valence-electron chi connectivity index (χ4n) is 2.89. The number of fused-ring (bicyclic) bond motifs is 2. The molecule has 2 fully saturated rings. The summed E-state index contributed by atoms with van der Waals surface area (Å²) < 4.78 is 1.82. The van der Waals surface area contributed by atoms with Crippen LogP contribution in [0.5, 0.6) is 0 Å². The van der Waals surface area contributed by atoms with Crippen molar-refractivity contribution in [2.75, 3.05) is 4.90 Å². The van der Waals surface area contributed by atoms with Gasteiger partial charge >= 0.3 is 0 Å². The van der Waals surface area contributed by atoms with Crippen molar-refractivity contribution < 1.29 is 4.79 Å². The number of ketones is 1. The van der Waals surface area contributed by atoms with E-state index in [1.165, 1.54) is 0 Å².